The van der Waals surface area contributed by atoms with Gasteiger partial charge in [-0.3, -0.25) is 4.98 Å². The van der Waals surface area contributed by atoms with Gasteiger partial charge in [0.2, 0.25) is 0 Å². The lowest BCUT2D eigenvalue weighted by atomic mass is 10.1. The summed E-state index contributed by atoms with van der Waals surface area (Å²) in [6.45, 7) is 3.19. The van der Waals surface area contributed by atoms with Gasteiger partial charge >= 0.3 is 6.18 Å². The molecule has 1 aliphatic rings. The second-order valence-electron chi connectivity index (χ2n) is 6.47. The molecule has 140 valence electrons. The largest absolute Gasteiger partial charge is 0.416 e. The van der Waals surface area contributed by atoms with Crippen LogP contribution >= 0.6 is 0 Å². The van der Waals surface area contributed by atoms with Crippen LogP contribution < -0.4 is 9.80 Å². The number of hydrogen-bond acceptors (Lipinski definition) is 5. The average molecular weight is 373 g/mol. The van der Waals surface area contributed by atoms with Crippen molar-refractivity contribution >= 4 is 22.4 Å². The van der Waals surface area contributed by atoms with E-state index in [0.717, 1.165) is 61.6 Å². The van der Waals surface area contributed by atoms with Gasteiger partial charge in [-0.25, -0.2) is 0 Å². The zero-order chi connectivity index (χ0) is 18.9. The van der Waals surface area contributed by atoms with Crippen LogP contribution in [0.15, 0.2) is 48.8 Å². The zero-order valence-electron chi connectivity index (χ0n) is 14.5. The molecule has 27 heavy (non-hydrogen) atoms. The summed E-state index contributed by atoms with van der Waals surface area (Å²) in [7, 11) is 0. The highest BCUT2D eigenvalue weighted by molar-refractivity contribution is 5.92. The molecule has 0 N–H and O–H groups in total. The van der Waals surface area contributed by atoms with Gasteiger partial charge in [0.1, 0.15) is 0 Å². The van der Waals surface area contributed by atoms with E-state index in [0.29, 0.717) is 5.52 Å². The van der Waals surface area contributed by atoms with E-state index < -0.39 is 11.7 Å². The molecule has 0 radical (unpaired) electrons. The van der Waals surface area contributed by atoms with Crippen LogP contribution in [-0.2, 0) is 6.18 Å². The fraction of sp³-hybridized carbons (Fsp3) is 0.316. The van der Waals surface area contributed by atoms with Gasteiger partial charge in [0.05, 0.1) is 11.1 Å². The first kappa shape index (κ1) is 17.5. The van der Waals surface area contributed by atoms with Crippen LogP contribution in [0, 0.1) is 0 Å². The number of rotatable bonds is 2. The van der Waals surface area contributed by atoms with Gasteiger partial charge in [-0.15, -0.1) is 5.10 Å². The topological polar surface area (TPSA) is 45.2 Å². The van der Waals surface area contributed by atoms with E-state index in [1.807, 2.05) is 18.2 Å². The fourth-order valence-electron chi connectivity index (χ4n) is 3.43. The molecule has 0 amide bonds. The fourth-order valence-corrected chi connectivity index (χ4v) is 3.43. The minimum atomic E-state index is -4.37. The Balaban J connectivity index is 1.61. The quantitative estimate of drug-likeness (QED) is 0.684. The normalized spacial score (nSPS) is 15.8. The summed E-state index contributed by atoms with van der Waals surface area (Å²) in [5.74, 6) is 0.841. The highest BCUT2D eigenvalue weighted by Gasteiger charge is 2.31. The Bertz CT molecular complexity index is 930. The molecule has 0 spiro atoms. The van der Waals surface area contributed by atoms with Crippen LogP contribution in [0.3, 0.4) is 0 Å². The molecule has 1 aromatic carbocycles. The van der Waals surface area contributed by atoms with Crippen molar-refractivity contribution in [3.05, 3.63) is 54.4 Å². The van der Waals surface area contributed by atoms with E-state index in [2.05, 4.69) is 25.0 Å². The van der Waals surface area contributed by atoms with Crippen molar-refractivity contribution in [1.29, 1.82) is 0 Å². The van der Waals surface area contributed by atoms with Crippen molar-refractivity contribution < 1.29 is 13.2 Å². The van der Waals surface area contributed by atoms with E-state index in [4.69, 9.17) is 0 Å². The Labute approximate surface area is 154 Å². The van der Waals surface area contributed by atoms with E-state index >= 15 is 0 Å². The molecule has 3 aromatic rings. The first-order valence-electron chi connectivity index (χ1n) is 8.76. The summed E-state index contributed by atoms with van der Waals surface area (Å²) in [4.78, 5) is 8.52. The molecule has 0 saturated carbocycles. The van der Waals surface area contributed by atoms with Crippen molar-refractivity contribution in [2.45, 2.75) is 12.6 Å². The molecule has 0 atom stereocenters. The highest BCUT2D eigenvalue weighted by atomic mass is 19.4. The van der Waals surface area contributed by atoms with Crippen LogP contribution in [0.1, 0.15) is 12.0 Å². The molecular formula is C19H18F3N5. The number of hydrogen-bond donors (Lipinski definition) is 0. The summed E-state index contributed by atoms with van der Waals surface area (Å²) in [6, 6.07) is 9.42. The molecule has 5 nitrogen and oxygen atoms in total. The predicted octanol–water partition coefficient (Wildman–Crippen LogP) is 3.76. The lowest BCUT2D eigenvalue weighted by molar-refractivity contribution is -0.137. The highest BCUT2D eigenvalue weighted by Crippen LogP contribution is 2.33. The van der Waals surface area contributed by atoms with Gasteiger partial charge in [0, 0.05) is 49.6 Å². The number of halogens is 3. The van der Waals surface area contributed by atoms with Crippen LogP contribution in [0.5, 0.6) is 0 Å². The minimum absolute atomic E-state index is 0.359. The van der Waals surface area contributed by atoms with Crippen LogP contribution in [0.25, 0.3) is 10.9 Å². The van der Waals surface area contributed by atoms with Gasteiger partial charge in [-0.2, -0.15) is 18.3 Å². The zero-order valence-corrected chi connectivity index (χ0v) is 14.5. The molecule has 4 rings (SSSR count). The van der Waals surface area contributed by atoms with Crippen molar-refractivity contribution in [2.24, 2.45) is 0 Å². The maximum Gasteiger partial charge on any atom is 0.416 e. The van der Waals surface area contributed by atoms with Crippen molar-refractivity contribution in [3.63, 3.8) is 0 Å². The lowest BCUT2D eigenvalue weighted by Gasteiger charge is -2.25. The number of anilines is 2. The van der Waals surface area contributed by atoms with Crippen LogP contribution in [0.2, 0.25) is 0 Å². The first-order chi connectivity index (χ1) is 13.0. The minimum Gasteiger partial charge on any atom is -0.369 e. The Morgan fingerprint density at radius 1 is 0.889 bits per heavy atom. The third kappa shape index (κ3) is 3.65. The number of alkyl halides is 3. The summed E-state index contributed by atoms with van der Waals surface area (Å²) in [5.41, 5.74) is 0.594. The summed E-state index contributed by atoms with van der Waals surface area (Å²) in [6.07, 6.45) is -0.234. The molecule has 0 aliphatic carbocycles. The van der Waals surface area contributed by atoms with E-state index in [9.17, 15) is 13.2 Å². The van der Waals surface area contributed by atoms with E-state index in [1.165, 1.54) is 6.07 Å². The van der Waals surface area contributed by atoms with Crippen molar-refractivity contribution in [1.82, 2.24) is 15.2 Å². The standard InChI is InChI=1S/C19H18F3N5/c20-19(21,22)14-4-5-15-16(13-14)23-8-6-17(15)26-9-2-10-27(12-11-26)18-3-1-7-24-25-18/h1,3-8,13H,2,9-12H2. The van der Waals surface area contributed by atoms with E-state index in [-0.39, 0.29) is 0 Å². The van der Waals surface area contributed by atoms with Gasteiger partial charge in [-0.1, -0.05) is 6.07 Å². The molecule has 0 bridgehead atoms. The Hall–Kier alpha value is -2.90. The third-order valence-corrected chi connectivity index (χ3v) is 4.77. The van der Waals surface area contributed by atoms with Crippen LogP contribution in [0.4, 0.5) is 24.7 Å². The van der Waals surface area contributed by atoms with Gasteiger partial charge in [0.15, 0.2) is 5.82 Å². The number of nitrogens with zero attached hydrogens (tertiary/aromatic N) is 5. The first-order valence-corrected chi connectivity index (χ1v) is 8.76. The third-order valence-electron chi connectivity index (χ3n) is 4.77. The molecule has 2 aromatic heterocycles. The molecular weight excluding hydrogens is 355 g/mol. The summed E-state index contributed by atoms with van der Waals surface area (Å²) in [5, 5.41) is 8.83. The molecule has 8 heteroatoms. The number of aromatic nitrogens is 3. The molecule has 1 fully saturated rings. The lowest BCUT2D eigenvalue weighted by Crippen LogP contribution is -2.31. The van der Waals surface area contributed by atoms with Crippen molar-refractivity contribution in [3.8, 4) is 0 Å². The van der Waals surface area contributed by atoms with E-state index in [1.54, 1.807) is 12.4 Å². The molecule has 1 aliphatic heterocycles. The smallest absolute Gasteiger partial charge is 0.369 e. The SMILES string of the molecule is FC(F)(F)c1ccc2c(N3CCCN(c4cccnn4)CC3)ccnc2c1. The summed E-state index contributed by atoms with van der Waals surface area (Å²) >= 11 is 0. The Morgan fingerprint density at radius 3 is 2.48 bits per heavy atom. The Morgan fingerprint density at radius 2 is 1.70 bits per heavy atom. The molecule has 3 heterocycles. The summed E-state index contributed by atoms with van der Waals surface area (Å²) < 4.78 is 38.9. The van der Waals surface area contributed by atoms with Gasteiger partial charge < -0.3 is 9.80 Å². The number of benzene rings is 1. The molecule has 1 saturated heterocycles. The second kappa shape index (κ2) is 7.02. The number of pyridine rings is 1. The molecule has 0 unspecified atom stereocenters. The maximum absolute atomic E-state index is 13.0. The van der Waals surface area contributed by atoms with Crippen LogP contribution in [-0.4, -0.2) is 41.4 Å². The monoisotopic (exact) mass is 373 g/mol. The maximum atomic E-state index is 13.0. The number of fused-ring (bicyclic) bond motifs is 1. The second-order valence-corrected chi connectivity index (χ2v) is 6.47. The van der Waals surface area contributed by atoms with Crippen molar-refractivity contribution in [2.75, 3.05) is 36.0 Å². The average Bonchev–Trinajstić information content (AvgIpc) is 2.93. The van der Waals surface area contributed by atoms with Gasteiger partial charge in [0.25, 0.3) is 0 Å². The Kier molecular flexibility index (Phi) is 4.55. The van der Waals surface area contributed by atoms with Gasteiger partial charge in [-0.05, 0) is 36.8 Å². The predicted molar refractivity (Wildman–Crippen MR) is 97.8 cm³/mol.